The highest BCUT2D eigenvalue weighted by Crippen LogP contribution is 2.30. The van der Waals surface area contributed by atoms with Gasteiger partial charge in [0.2, 0.25) is 5.91 Å². The van der Waals surface area contributed by atoms with Crippen LogP contribution in [0.5, 0.6) is 0 Å². The van der Waals surface area contributed by atoms with Crippen LogP contribution in [-0.2, 0) is 4.79 Å². The topological polar surface area (TPSA) is 55.1 Å². The molecular weight excluding hydrogens is 280 g/mol. The summed E-state index contributed by atoms with van der Waals surface area (Å²) in [7, 11) is 0. The number of nitrogens with two attached hydrogens (primary N) is 1. The fourth-order valence-corrected chi connectivity index (χ4v) is 4.40. The van der Waals surface area contributed by atoms with E-state index < -0.39 is 5.54 Å². The summed E-state index contributed by atoms with van der Waals surface area (Å²) in [5, 5.41) is 3.94. The second-order valence-corrected chi connectivity index (χ2v) is 7.35. The molecule has 3 nitrogen and oxygen atoms in total. The molecule has 0 aromatic heterocycles. The maximum Gasteiger partial charge on any atom is 0.240 e. The Kier molecular flexibility index (Phi) is 6.98. The van der Waals surface area contributed by atoms with Crippen molar-refractivity contribution in [3.05, 3.63) is 0 Å². The van der Waals surface area contributed by atoms with Crippen LogP contribution in [0, 0.1) is 0 Å². The monoisotopic (exact) mass is 306 g/mol. The maximum atomic E-state index is 12.3. The summed E-state index contributed by atoms with van der Waals surface area (Å²) in [6.45, 7) is 2.21. The lowest BCUT2D eigenvalue weighted by molar-refractivity contribution is -0.127. The molecule has 0 aromatic rings. The summed E-state index contributed by atoms with van der Waals surface area (Å²) in [5.41, 5.74) is 5.63. The minimum atomic E-state index is -0.565. The van der Waals surface area contributed by atoms with E-state index in [1.165, 1.54) is 18.6 Å². The number of halogens is 1. The first kappa shape index (κ1) is 17.1. The maximum absolute atomic E-state index is 12.3. The highest BCUT2D eigenvalue weighted by Gasteiger charge is 2.38. The zero-order valence-corrected chi connectivity index (χ0v) is 13.5. The quantitative estimate of drug-likeness (QED) is 0.840. The molecule has 2 aliphatic rings. The molecule has 0 aromatic carbocycles. The molecule has 0 spiro atoms. The summed E-state index contributed by atoms with van der Waals surface area (Å²) in [6, 6.07) is 0.358. The summed E-state index contributed by atoms with van der Waals surface area (Å²) < 4.78 is 0. The van der Waals surface area contributed by atoms with E-state index in [1.54, 1.807) is 0 Å². The minimum absolute atomic E-state index is 0. The fraction of sp³-hybridized carbons (Fsp3) is 0.929. The molecule has 2 fully saturated rings. The highest BCUT2D eigenvalue weighted by molar-refractivity contribution is 7.99. The molecule has 0 bridgehead atoms. The minimum Gasteiger partial charge on any atom is -0.352 e. The van der Waals surface area contributed by atoms with Gasteiger partial charge in [0.1, 0.15) is 0 Å². The number of hydrogen-bond acceptors (Lipinski definition) is 3. The van der Waals surface area contributed by atoms with E-state index >= 15 is 0 Å². The summed E-state index contributed by atoms with van der Waals surface area (Å²) in [4.78, 5) is 12.3. The van der Waals surface area contributed by atoms with Crippen molar-refractivity contribution >= 4 is 30.1 Å². The Morgan fingerprint density at radius 3 is 2.63 bits per heavy atom. The van der Waals surface area contributed by atoms with Gasteiger partial charge in [-0.1, -0.05) is 26.2 Å². The van der Waals surface area contributed by atoms with Crippen LogP contribution in [0.4, 0.5) is 0 Å². The molecule has 1 amide bonds. The second-order valence-electron chi connectivity index (χ2n) is 5.78. The van der Waals surface area contributed by atoms with Crippen molar-refractivity contribution in [1.29, 1.82) is 0 Å². The van der Waals surface area contributed by atoms with E-state index in [-0.39, 0.29) is 18.3 Å². The van der Waals surface area contributed by atoms with Gasteiger partial charge in [0.05, 0.1) is 5.54 Å². The van der Waals surface area contributed by atoms with Crippen LogP contribution >= 0.6 is 24.2 Å². The molecule has 2 unspecified atom stereocenters. The Labute approximate surface area is 127 Å². The summed E-state index contributed by atoms with van der Waals surface area (Å²) in [6.07, 6.45) is 8.71. The number of rotatable bonds is 4. The molecule has 0 radical (unpaired) electrons. The van der Waals surface area contributed by atoms with Crippen LogP contribution in [0.15, 0.2) is 0 Å². The van der Waals surface area contributed by atoms with E-state index in [1.807, 2.05) is 11.8 Å². The van der Waals surface area contributed by atoms with Crippen LogP contribution in [0.25, 0.3) is 0 Å². The van der Waals surface area contributed by atoms with Crippen LogP contribution in [0.1, 0.15) is 58.3 Å². The first-order valence-electron chi connectivity index (χ1n) is 7.35. The van der Waals surface area contributed by atoms with Crippen LogP contribution in [-0.4, -0.2) is 28.5 Å². The molecule has 0 saturated heterocycles. The largest absolute Gasteiger partial charge is 0.352 e. The van der Waals surface area contributed by atoms with E-state index in [0.717, 1.165) is 43.8 Å². The predicted octanol–water partition coefficient (Wildman–Crippen LogP) is 2.86. The van der Waals surface area contributed by atoms with Crippen LogP contribution in [0.3, 0.4) is 0 Å². The summed E-state index contributed by atoms with van der Waals surface area (Å²) in [5.74, 6) is 1.28. The first-order chi connectivity index (χ1) is 8.64. The Hall–Kier alpha value is 0.0700. The van der Waals surface area contributed by atoms with Gasteiger partial charge in [0, 0.05) is 11.3 Å². The van der Waals surface area contributed by atoms with Gasteiger partial charge in [-0.3, -0.25) is 4.79 Å². The lowest BCUT2D eigenvalue weighted by Gasteiger charge is -2.32. The van der Waals surface area contributed by atoms with Crippen molar-refractivity contribution in [3.8, 4) is 0 Å². The smallest absolute Gasteiger partial charge is 0.240 e. The van der Waals surface area contributed by atoms with Crippen molar-refractivity contribution in [2.45, 2.75) is 75.1 Å². The lowest BCUT2D eigenvalue weighted by atomic mass is 9.92. The van der Waals surface area contributed by atoms with Crippen LogP contribution in [0.2, 0.25) is 0 Å². The van der Waals surface area contributed by atoms with Gasteiger partial charge in [-0.2, -0.15) is 11.8 Å². The third-order valence-electron chi connectivity index (χ3n) is 4.31. The molecule has 5 heteroatoms. The molecule has 2 rings (SSSR count). The van der Waals surface area contributed by atoms with Crippen molar-refractivity contribution in [3.63, 3.8) is 0 Å². The molecule has 19 heavy (non-hydrogen) atoms. The average molecular weight is 307 g/mol. The lowest BCUT2D eigenvalue weighted by Crippen LogP contribution is -2.55. The van der Waals surface area contributed by atoms with E-state index in [9.17, 15) is 4.79 Å². The van der Waals surface area contributed by atoms with Gasteiger partial charge < -0.3 is 11.1 Å². The number of amides is 1. The molecule has 2 saturated carbocycles. The van der Waals surface area contributed by atoms with Crippen molar-refractivity contribution < 1.29 is 4.79 Å². The standard InChI is InChI=1S/C14H26N2OS.ClH/c1-2-18-12-7-5-6-11(10-12)16-13(17)14(15)8-3-4-9-14;/h11-12H,2-10,15H2,1H3,(H,16,17);1H. The van der Waals surface area contributed by atoms with E-state index in [0.29, 0.717) is 6.04 Å². The molecule has 2 aliphatic carbocycles. The Morgan fingerprint density at radius 1 is 1.32 bits per heavy atom. The zero-order chi connectivity index (χ0) is 13.0. The molecule has 3 N–H and O–H groups in total. The SMILES string of the molecule is CCSC1CCCC(NC(=O)C2(N)CCCC2)C1.Cl. The van der Waals surface area contributed by atoms with Gasteiger partial charge in [0.15, 0.2) is 0 Å². The molecule has 0 aliphatic heterocycles. The van der Waals surface area contributed by atoms with Crippen LogP contribution < -0.4 is 11.1 Å². The number of carbonyl (C=O) groups excluding carboxylic acids is 1. The Bertz CT molecular complexity index is 293. The zero-order valence-electron chi connectivity index (χ0n) is 11.8. The van der Waals surface area contributed by atoms with Gasteiger partial charge >= 0.3 is 0 Å². The predicted molar refractivity (Wildman–Crippen MR) is 85.0 cm³/mol. The first-order valence-corrected chi connectivity index (χ1v) is 8.40. The number of carbonyl (C=O) groups is 1. The van der Waals surface area contributed by atoms with Gasteiger partial charge in [-0.15, -0.1) is 12.4 Å². The third-order valence-corrected chi connectivity index (χ3v) is 5.54. The molecule has 2 atom stereocenters. The normalized spacial score (nSPS) is 29.6. The number of thioether (sulfide) groups is 1. The Morgan fingerprint density at radius 2 is 2.00 bits per heavy atom. The van der Waals surface area contributed by atoms with Crippen molar-refractivity contribution in [2.24, 2.45) is 5.73 Å². The number of nitrogens with one attached hydrogen (secondary N) is 1. The Balaban J connectivity index is 0.00000180. The molecular formula is C14H27ClN2OS. The second kappa shape index (κ2) is 7.75. The van der Waals surface area contributed by atoms with E-state index in [2.05, 4.69) is 12.2 Å². The van der Waals surface area contributed by atoms with E-state index in [4.69, 9.17) is 5.73 Å². The number of hydrogen-bond donors (Lipinski definition) is 2. The van der Waals surface area contributed by atoms with Gasteiger partial charge in [-0.25, -0.2) is 0 Å². The van der Waals surface area contributed by atoms with Crippen molar-refractivity contribution in [2.75, 3.05) is 5.75 Å². The third kappa shape index (κ3) is 4.54. The fourth-order valence-electron chi connectivity index (χ4n) is 3.23. The highest BCUT2D eigenvalue weighted by atomic mass is 35.5. The van der Waals surface area contributed by atoms with Gasteiger partial charge in [-0.05, 0) is 37.9 Å². The molecule has 112 valence electrons. The summed E-state index contributed by atoms with van der Waals surface area (Å²) >= 11 is 2.03. The van der Waals surface area contributed by atoms with Crippen molar-refractivity contribution in [1.82, 2.24) is 5.32 Å². The molecule has 0 heterocycles. The average Bonchev–Trinajstić information content (AvgIpc) is 2.78. The van der Waals surface area contributed by atoms with Gasteiger partial charge in [0.25, 0.3) is 0 Å².